The van der Waals surface area contributed by atoms with E-state index in [1.165, 1.54) is 0 Å². The Morgan fingerprint density at radius 1 is 1.24 bits per heavy atom. The Bertz CT molecular complexity index is 492. The van der Waals surface area contributed by atoms with Crippen LogP contribution >= 0.6 is 0 Å². The first kappa shape index (κ1) is 16.4. The summed E-state index contributed by atoms with van der Waals surface area (Å²) < 4.78 is 0. The Kier molecular flexibility index (Phi) is 6.66. The molecule has 8 nitrogen and oxygen atoms in total. The standard InChI is InChI=1S/C13H17N3O5/c17-11(18)5-4-10(12(19)20)16-13(21)15-8-6-9-3-1-2-7-14-9/h1-3,7,10H,4-6,8H2,(H,17,18)(H,19,20)(H2,15,16,21)/t10-/m0/s1. The van der Waals surface area contributed by atoms with E-state index >= 15 is 0 Å². The summed E-state index contributed by atoms with van der Waals surface area (Å²) in [7, 11) is 0. The van der Waals surface area contributed by atoms with Crippen LogP contribution in [0.15, 0.2) is 24.4 Å². The number of aromatic nitrogens is 1. The van der Waals surface area contributed by atoms with Gasteiger partial charge >= 0.3 is 18.0 Å². The number of carbonyl (C=O) groups is 3. The summed E-state index contributed by atoms with van der Waals surface area (Å²) in [6.07, 6.45) is 1.66. The average molecular weight is 295 g/mol. The minimum absolute atomic E-state index is 0.168. The first-order valence-electron chi connectivity index (χ1n) is 6.38. The largest absolute Gasteiger partial charge is 0.481 e. The molecular weight excluding hydrogens is 278 g/mol. The molecule has 4 N–H and O–H groups in total. The topological polar surface area (TPSA) is 129 Å². The van der Waals surface area contributed by atoms with Crippen molar-refractivity contribution in [3.8, 4) is 0 Å². The van der Waals surface area contributed by atoms with Crippen molar-refractivity contribution in [3.05, 3.63) is 30.1 Å². The maximum atomic E-state index is 11.5. The van der Waals surface area contributed by atoms with E-state index in [0.29, 0.717) is 13.0 Å². The normalized spacial score (nSPS) is 11.4. The minimum atomic E-state index is -1.27. The summed E-state index contributed by atoms with van der Waals surface area (Å²) in [5, 5.41) is 22.1. The Balaban J connectivity index is 2.33. The Hall–Kier alpha value is -2.64. The fourth-order valence-electron chi connectivity index (χ4n) is 1.58. The van der Waals surface area contributed by atoms with Crippen LogP contribution in [0.1, 0.15) is 18.5 Å². The van der Waals surface area contributed by atoms with Gasteiger partial charge in [0.15, 0.2) is 0 Å². The molecule has 0 saturated carbocycles. The molecule has 1 aromatic heterocycles. The number of carboxylic acid groups (broad SMARTS) is 2. The number of amides is 2. The molecule has 2 amide bonds. The number of hydrogen-bond donors (Lipinski definition) is 4. The van der Waals surface area contributed by atoms with E-state index in [4.69, 9.17) is 10.2 Å². The Labute approximate surface area is 121 Å². The maximum absolute atomic E-state index is 11.5. The van der Waals surface area contributed by atoms with Gasteiger partial charge in [-0.25, -0.2) is 9.59 Å². The van der Waals surface area contributed by atoms with Crippen molar-refractivity contribution in [3.63, 3.8) is 0 Å². The molecule has 0 aliphatic rings. The molecule has 21 heavy (non-hydrogen) atoms. The molecular formula is C13H17N3O5. The van der Waals surface area contributed by atoms with Crippen LogP contribution in [0.3, 0.4) is 0 Å². The van der Waals surface area contributed by atoms with Crippen LogP contribution in [-0.2, 0) is 16.0 Å². The summed E-state index contributed by atoms with van der Waals surface area (Å²) in [4.78, 5) is 36.9. The lowest BCUT2D eigenvalue weighted by molar-refractivity contribution is -0.140. The SMILES string of the molecule is O=C(O)CC[C@H](NC(=O)NCCc1ccccn1)C(=O)O. The van der Waals surface area contributed by atoms with Gasteiger partial charge in [0.05, 0.1) is 0 Å². The van der Waals surface area contributed by atoms with E-state index in [2.05, 4.69) is 15.6 Å². The molecule has 8 heteroatoms. The van der Waals surface area contributed by atoms with Gasteiger partial charge in [-0.2, -0.15) is 0 Å². The molecule has 1 atom stereocenters. The zero-order chi connectivity index (χ0) is 15.7. The second-order valence-electron chi connectivity index (χ2n) is 4.29. The molecule has 0 radical (unpaired) electrons. The molecule has 0 aromatic carbocycles. The van der Waals surface area contributed by atoms with Crippen molar-refractivity contribution < 1.29 is 24.6 Å². The second-order valence-corrected chi connectivity index (χ2v) is 4.29. The molecule has 0 unspecified atom stereocenters. The molecule has 0 aliphatic carbocycles. The van der Waals surface area contributed by atoms with Crippen LogP contribution in [-0.4, -0.2) is 45.8 Å². The highest BCUT2D eigenvalue weighted by Gasteiger charge is 2.20. The molecule has 1 heterocycles. The van der Waals surface area contributed by atoms with Gasteiger partial charge in [-0.05, 0) is 18.6 Å². The third-order valence-electron chi connectivity index (χ3n) is 2.64. The molecule has 1 rings (SSSR count). The van der Waals surface area contributed by atoms with E-state index in [1.54, 1.807) is 12.3 Å². The molecule has 0 spiro atoms. The van der Waals surface area contributed by atoms with Crippen LogP contribution < -0.4 is 10.6 Å². The first-order valence-corrected chi connectivity index (χ1v) is 6.38. The van der Waals surface area contributed by atoms with E-state index < -0.39 is 24.0 Å². The van der Waals surface area contributed by atoms with Crippen LogP contribution in [0.25, 0.3) is 0 Å². The van der Waals surface area contributed by atoms with Crippen molar-refractivity contribution in [2.75, 3.05) is 6.54 Å². The number of hydrogen-bond acceptors (Lipinski definition) is 4. The number of carbonyl (C=O) groups excluding carboxylic acids is 1. The van der Waals surface area contributed by atoms with Crippen LogP contribution in [0.2, 0.25) is 0 Å². The number of carboxylic acids is 2. The van der Waals surface area contributed by atoms with Gasteiger partial charge in [-0.1, -0.05) is 6.07 Å². The number of nitrogens with zero attached hydrogens (tertiary/aromatic N) is 1. The molecule has 0 saturated heterocycles. The smallest absolute Gasteiger partial charge is 0.326 e. The third-order valence-corrected chi connectivity index (χ3v) is 2.64. The summed E-state index contributed by atoms with van der Waals surface area (Å²) in [6, 6.07) is 3.55. The van der Waals surface area contributed by atoms with Crippen molar-refractivity contribution in [2.24, 2.45) is 0 Å². The van der Waals surface area contributed by atoms with Gasteiger partial charge in [-0.15, -0.1) is 0 Å². The van der Waals surface area contributed by atoms with Gasteiger partial charge in [0.2, 0.25) is 0 Å². The van der Waals surface area contributed by atoms with E-state index in [1.807, 2.05) is 12.1 Å². The number of urea groups is 1. The fourth-order valence-corrected chi connectivity index (χ4v) is 1.58. The van der Waals surface area contributed by atoms with Crippen molar-refractivity contribution in [1.82, 2.24) is 15.6 Å². The Morgan fingerprint density at radius 2 is 2.00 bits per heavy atom. The zero-order valence-electron chi connectivity index (χ0n) is 11.3. The van der Waals surface area contributed by atoms with Gasteiger partial charge in [0.25, 0.3) is 0 Å². The van der Waals surface area contributed by atoms with Crippen molar-refractivity contribution in [1.29, 1.82) is 0 Å². The van der Waals surface area contributed by atoms with E-state index in [0.717, 1.165) is 5.69 Å². The molecule has 0 aliphatic heterocycles. The summed E-state index contributed by atoms with van der Waals surface area (Å²) in [5.41, 5.74) is 0.804. The monoisotopic (exact) mass is 295 g/mol. The van der Waals surface area contributed by atoms with Crippen molar-refractivity contribution in [2.45, 2.75) is 25.3 Å². The summed E-state index contributed by atoms with van der Waals surface area (Å²) in [6.45, 7) is 0.300. The second kappa shape index (κ2) is 8.51. The summed E-state index contributed by atoms with van der Waals surface area (Å²) in [5.74, 6) is -2.38. The molecule has 114 valence electrons. The van der Waals surface area contributed by atoms with Crippen LogP contribution in [0.4, 0.5) is 4.79 Å². The number of aliphatic carboxylic acids is 2. The van der Waals surface area contributed by atoms with E-state index in [-0.39, 0.29) is 12.8 Å². The number of rotatable bonds is 8. The predicted octanol–water partition coefficient (Wildman–Crippen LogP) is 0.241. The molecule has 1 aromatic rings. The van der Waals surface area contributed by atoms with Crippen LogP contribution in [0.5, 0.6) is 0 Å². The highest BCUT2D eigenvalue weighted by atomic mass is 16.4. The number of nitrogens with one attached hydrogen (secondary N) is 2. The van der Waals surface area contributed by atoms with Gasteiger partial charge in [0, 0.05) is 31.3 Å². The highest BCUT2D eigenvalue weighted by molar-refractivity contribution is 5.82. The average Bonchev–Trinajstić information content (AvgIpc) is 2.44. The minimum Gasteiger partial charge on any atom is -0.481 e. The third kappa shape index (κ3) is 6.90. The zero-order valence-corrected chi connectivity index (χ0v) is 11.3. The highest BCUT2D eigenvalue weighted by Crippen LogP contribution is 1.98. The molecule has 0 fully saturated rings. The Morgan fingerprint density at radius 3 is 2.57 bits per heavy atom. The fraction of sp³-hybridized carbons (Fsp3) is 0.385. The van der Waals surface area contributed by atoms with Crippen LogP contribution in [0, 0.1) is 0 Å². The molecule has 0 bridgehead atoms. The lowest BCUT2D eigenvalue weighted by Crippen LogP contribution is -2.46. The van der Waals surface area contributed by atoms with E-state index in [9.17, 15) is 14.4 Å². The summed E-state index contributed by atoms with van der Waals surface area (Å²) >= 11 is 0. The lowest BCUT2D eigenvalue weighted by Gasteiger charge is -2.14. The lowest BCUT2D eigenvalue weighted by atomic mass is 10.1. The maximum Gasteiger partial charge on any atom is 0.326 e. The van der Waals surface area contributed by atoms with Gasteiger partial charge in [0.1, 0.15) is 6.04 Å². The van der Waals surface area contributed by atoms with Gasteiger partial charge < -0.3 is 20.8 Å². The quantitative estimate of drug-likeness (QED) is 0.544. The number of pyridine rings is 1. The van der Waals surface area contributed by atoms with Crippen molar-refractivity contribution >= 4 is 18.0 Å². The predicted molar refractivity (Wildman–Crippen MR) is 72.8 cm³/mol. The first-order chi connectivity index (χ1) is 9.99. The van der Waals surface area contributed by atoms with Gasteiger partial charge in [-0.3, -0.25) is 9.78 Å².